The molecule has 4 atom stereocenters. The van der Waals surface area contributed by atoms with E-state index in [0.717, 1.165) is 39.0 Å². The molecule has 0 aromatic carbocycles. The Labute approximate surface area is 231 Å². The number of nitrogens with zero attached hydrogens (tertiary/aromatic N) is 3. The minimum Gasteiger partial charge on any atom is -0.459 e. The summed E-state index contributed by atoms with van der Waals surface area (Å²) < 4.78 is 43.6. The summed E-state index contributed by atoms with van der Waals surface area (Å²) in [6, 6.07) is 3.80. The van der Waals surface area contributed by atoms with E-state index in [2.05, 4.69) is 4.98 Å². The average Bonchev–Trinajstić information content (AvgIpc) is 3.56. The average molecular weight is 578 g/mol. The van der Waals surface area contributed by atoms with Crippen molar-refractivity contribution in [3.63, 3.8) is 0 Å². The number of ether oxygens (including phenoxy) is 5. The van der Waals surface area contributed by atoms with Crippen LogP contribution in [0.4, 0.5) is 4.39 Å². The molecular weight excluding hydrogens is 549 g/mol. The van der Waals surface area contributed by atoms with E-state index >= 15 is 4.39 Å². The van der Waals surface area contributed by atoms with E-state index in [-0.39, 0.29) is 5.56 Å². The summed E-state index contributed by atoms with van der Waals surface area (Å²) in [5.74, 6) is -6.92. The Balaban J connectivity index is 1.64. The van der Waals surface area contributed by atoms with Gasteiger partial charge in [0, 0.05) is 38.5 Å². The maximum atomic E-state index is 16.3. The van der Waals surface area contributed by atoms with Gasteiger partial charge in [-0.2, -0.15) is 0 Å². The molecule has 2 aliphatic rings. The monoisotopic (exact) mass is 577 g/mol. The number of esters is 4. The van der Waals surface area contributed by atoms with Crippen molar-refractivity contribution in [2.24, 2.45) is 5.92 Å². The number of carbonyl (C=O) groups excluding carboxylic acids is 4. The Morgan fingerprint density at radius 3 is 2.41 bits per heavy atom. The molecule has 2 aromatic rings. The van der Waals surface area contributed by atoms with Gasteiger partial charge in [0.2, 0.25) is 6.10 Å². The molecule has 0 amide bonds. The number of aromatic nitrogens is 3. The van der Waals surface area contributed by atoms with Gasteiger partial charge in [-0.25, -0.2) is 18.5 Å². The molecule has 14 nitrogen and oxygen atoms in total. The van der Waals surface area contributed by atoms with Crippen LogP contribution in [0, 0.1) is 5.92 Å². The molecule has 1 saturated carbocycles. The largest absolute Gasteiger partial charge is 0.459 e. The van der Waals surface area contributed by atoms with Crippen molar-refractivity contribution in [1.29, 1.82) is 0 Å². The highest BCUT2D eigenvalue weighted by Gasteiger charge is 2.62. The van der Waals surface area contributed by atoms with Crippen molar-refractivity contribution < 1.29 is 47.3 Å². The SMILES string of the molecule is CC(=O)O[C@H]1[C@H](n2ccc(=O)n(COC(=O)c3cccnc3)c2=O)O[C@](F)(COC(=O)C2CCCC2)[C@H]1OC(C)=O. The van der Waals surface area contributed by atoms with Crippen LogP contribution in [0.5, 0.6) is 0 Å². The molecule has 15 heteroatoms. The number of rotatable bonds is 9. The standard InChI is InChI=1S/C26H28FN3O11/c1-15(31)39-20-21(40-16(2)32)26(27,13-37-23(34)17-6-3-4-7-17)41-22(20)29-11-9-19(33)30(25(29)36)14-38-24(35)18-8-5-10-28-12-18/h5,8-12,17,20-22H,3-4,6-7,13-14H2,1-2H3/t20-,21+,22-,26-/m1/s1. The van der Waals surface area contributed by atoms with Crippen molar-refractivity contribution in [2.75, 3.05) is 6.61 Å². The molecule has 3 heterocycles. The maximum Gasteiger partial charge on any atom is 0.341 e. The van der Waals surface area contributed by atoms with Crippen molar-refractivity contribution in [2.45, 2.75) is 70.6 Å². The third kappa shape index (κ3) is 6.67. The van der Waals surface area contributed by atoms with Gasteiger partial charge < -0.3 is 23.7 Å². The van der Waals surface area contributed by atoms with Crippen LogP contribution in [0.2, 0.25) is 0 Å². The van der Waals surface area contributed by atoms with Crippen LogP contribution in [-0.2, 0) is 44.8 Å². The third-order valence-electron chi connectivity index (χ3n) is 6.61. The molecule has 220 valence electrons. The zero-order chi connectivity index (χ0) is 29.7. The zero-order valence-corrected chi connectivity index (χ0v) is 22.2. The Morgan fingerprint density at radius 1 is 1.07 bits per heavy atom. The van der Waals surface area contributed by atoms with Gasteiger partial charge in [-0.1, -0.05) is 12.8 Å². The molecule has 1 aliphatic carbocycles. The fourth-order valence-corrected chi connectivity index (χ4v) is 4.69. The predicted octanol–water partition coefficient (Wildman–Crippen LogP) is 1.01. The number of hydrogen-bond acceptors (Lipinski definition) is 12. The highest BCUT2D eigenvalue weighted by atomic mass is 19.2. The van der Waals surface area contributed by atoms with E-state index in [0.29, 0.717) is 22.0 Å². The molecule has 41 heavy (non-hydrogen) atoms. The van der Waals surface area contributed by atoms with E-state index in [4.69, 9.17) is 23.7 Å². The first kappa shape index (κ1) is 29.6. The summed E-state index contributed by atoms with van der Waals surface area (Å²) in [5, 5.41) is 0. The molecule has 2 aromatic heterocycles. The van der Waals surface area contributed by atoms with E-state index in [9.17, 15) is 28.8 Å². The van der Waals surface area contributed by atoms with Crippen LogP contribution < -0.4 is 11.2 Å². The summed E-state index contributed by atoms with van der Waals surface area (Å²) in [4.78, 5) is 78.2. The zero-order valence-electron chi connectivity index (χ0n) is 22.2. The van der Waals surface area contributed by atoms with Gasteiger partial charge >= 0.3 is 29.6 Å². The lowest BCUT2D eigenvalue weighted by molar-refractivity contribution is -0.225. The molecule has 0 N–H and O–H groups in total. The summed E-state index contributed by atoms with van der Waals surface area (Å²) in [6.45, 7) is 0.115. The molecule has 0 radical (unpaired) electrons. The van der Waals surface area contributed by atoms with Crippen LogP contribution in [0.1, 0.15) is 56.1 Å². The molecule has 1 aliphatic heterocycles. The summed E-state index contributed by atoms with van der Waals surface area (Å²) in [7, 11) is 0. The molecule has 1 saturated heterocycles. The minimum atomic E-state index is -3.04. The lowest BCUT2D eigenvalue weighted by Crippen LogP contribution is -2.48. The van der Waals surface area contributed by atoms with Gasteiger partial charge in [0.1, 0.15) is 0 Å². The van der Waals surface area contributed by atoms with Gasteiger partial charge in [-0.15, -0.1) is 0 Å². The second kappa shape index (κ2) is 12.4. The molecule has 0 bridgehead atoms. The van der Waals surface area contributed by atoms with E-state index < -0.39 is 78.7 Å². The van der Waals surface area contributed by atoms with Crippen molar-refractivity contribution in [3.8, 4) is 0 Å². The van der Waals surface area contributed by atoms with Gasteiger partial charge in [0.05, 0.1) is 11.5 Å². The minimum absolute atomic E-state index is 0.0597. The first-order valence-corrected chi connectivity index (χ1v) is 12.8. The lowest BCUT2D eigenvalue weighted by Gasteiger charge is -2.27. The van der Waals surface area contributed by atoms with E-state index in [1.54, 1.807) is 0 Å². The second-order valence-electron chi connectivity index (χ2n) is 9.56. The first-order chi connectivity index (χ1) is 19.5. The van der Waals surface area contributed by atoms with Crippen molar-refractivity contribution in [1.82, 2.24) is 14.1 Å². The van der Waals surface area contributed by atoms with Crippen LogP contribution in [0.25, 0.3) is 0 Å². The normalized spacial score (nSPS) is 24.0. The van der Waals surface area contributed by atoms with Crippen LogP contribution in [0.3, 0.4) is 0 Å². The Bertz CT molecular complexity index is 1420. The quantitative estimate of drug-likeness (QED) is 0.306. The predicted molar refractivity (Wildman–Crippen MR) is 133 cm³/mol. The Kier molecular flexibility index (Phi) is 8.95. The summed E-state index contributed by atoms with van der Waals surface area (Å²) in [6.07, 6.45) is 0.912. The summed E-state index contributed by atoms with van der Waals surface area (Å²) >= 11 is 0. The van der Waals surface area contributed by atoms with Gasteiger partial charge in [-0.3, -0.25) is 28.7 Å². The second-order valence-corrected chi connectivity index (χ2v) is 9.56. The fraction of sp³-hybridized carbons (Fsp3) is 0.500. The number of pyridine rings is 1. The molecule has 0 unspecified atom stereocenters. The number of hydrogen-bond donors (Lipinski definition) is 0. The van der Waals surface area contributed by atoms with Crippen molar-refractivity contribution >= 4 is 23.9 Å². The molecule has 2 fully saturated rings. The topological polar surface area (TPSA) is 171 Å². The molecular formula is C26H28FN3O11. The van der Waals surface area contributed by atoms with Crippen LogP contribution in [-0.4, -0.2) is 62.7 Å². The Hall–Kier alpha value is -4.40. The number of halogens is 1. The van der Waals surface area contributed by atoms with E-state index in [1.807, 2.05) is 0 Å². The first-order valence-electron chi connectivity index (χ1n) is 12.8. The smallest absolute Gasteiger partial charge is 0.341 e. The van der Waals surface area contributed by atoms with E-state index in [1.165, 1.54) is 24.5 Å². The highest BCUT2D eigenvalue weighted by Crippen LogP contribution is 2.42. The van der Waals surface area contributed by atoms with Crippen LogP contribution in [0.15, 0.2) is 46.4 Å². The highest BCUT2D eigenvalue weighted by molar-refractivity contribution is 5.88. The van der Waals surface area contributed by atoms with Crippen molar-refractivity contribution in [3.05, 3.63) is 63.2 Å². The van der Waals surface area contributed by atoms with Crippen LogP contribution >= 0.6 is 0 Å². The van der Waals surface area contributed by atoms with Gasteiger partial charge in [-0.05, 0) is 25.0 Å². The molecule has 4 rings (SSSR count). The third-order valence-corrected chi connectivity index (χ3v) is 6.61. The van der Waals surface area contributed by atoms with Gasteiger partial charge in [0.15, 0.2) is 25.7 Å². The number of alkyl halides is 1. The summed E-state index contributed by atoms with van der Waals surface area (Å²) in [5.41, 5.74) is -1.95. The molecule has 0 spiro atoms. The van der Waals surface area contributed by atoms with Gasteiger partial charge in [0.25, 0.3) is 11.4 Å². The fourth-order valence-electron chi connectivity index (χ4n) is 4.69. The Morgan fingerprint density at radius 2 is 1.78 bits per heavy atom. The lowest BCUT2D eigenvalue weighted by atomic mass is 10.1. The number of carbonyl (C=O) groups is 4. The maximum absolute atomic E-state index is 16.3.